The van der Waals surface area contributed by atoms with Crippen molar-refractivity contribution < 1.29 is 4.39 Å². The van der Waals surface area contributed by atoms with Gasteiger partial charge in [-0.1, -0.05) is 36.4 Å². The summed E-state index contributed by atoms with van der Waals surface area (Å²) in [6, 6.07) is 14.2. The third-order valence-electron chi connectivity index (χ3n) is 3.53. The van der Waals surface area contributed by atoms with Crippen molar-refractivity contribution in [2.24, 2.45) is 0 Å². The molecule has 0 unspecified atom stereocenters. The molecule has 2 aromatic carbocycles. The van der Waals surface area contributed by atoms with Gasteiger partial charge in [-0.2, -0.15) is 9.61 Å². The van der Waals surface area contributed by atoms with E-state index in [9.17, 15) is 4.39 Å². The number of rotatable bonds is 1. The van der Waals surface area contributed by atoms with E-state index in [0.29, 0.717) is 17.0 Å². The molecule has 21 heavy (non-hydrogen) atoms. The first-order chi connectivity index (χ1) is 10.2. The lowest BCUT2D eigenvalue weighted by Crippen LogP contribution is -1.99. The van der Waals surface area contributed by atoms with E-state index >= 15 is 0 Å². The maximum absolute atomic E-state index is 13.4. The SMILES string of the molecule is Cc1nn2c(-c3cccc(F)c3)nnc2c2ccccc12. The van der Waals surface area contributed by atoms with Gasteiger partial charge in [-0.3, -0.25) is 0 Å². The van der Waals surface area contributed by atoms with Crippen molar-refractivity contribution in [1.82, 2.24) is 19.8 Å². The fourth-order valence-corrected chi connectivity index (χ4v) is 2.55. The van der Waals surface area contributed by atoms with Gasteiger partial charge in [0, 0.05) is 16.3 Å². The molecule has 0 saturated carbocycles. The van der Waals surface area contributed by atoms with E-state index < -0.39 is 0 Å². The van der Waals surface area contributed by atoms with Crippen LogP contribution in [0, 0.1) is 12.7 Å². The third kappa shape index (κ3) is 1.78. The molecule has 0 atom stereocenters. The molecule has 5 heteroatoms. The zero-order valence-electron chi connectivity index (χ0n) is 11.3. The average Bonchev–Trinajstić information content (AvgIpc) is 2.91. The van der Waals surface area contributed by atoms with Gasteiger partial charge < -0.3 is 0 Å². The number of aryl methyl sites for hydroxylation is 1. The quantitative estimate of drug-likeness (QED) is 0.536. The maximum atomic E-state index is 13.4. The van der Waals surface area contributed by atoms with Crippen molar-refractivity contribution >= 4 is 16.4 Å². The van der Waals surface area contributed by atoms with Crippen LogP contribution in [0.25, 0.3) is 27.8 Å². The second-order valence-corrected chi connectivity index (χ2v) is 4.90. The zero-order valence-corrected chi connectivity index (χ0v) is 11.3. The first-order valence-electron chi connectivity index (χ1n) is 6.61. The normalized spacial score (nSPS) is 11.3. The molecule has 0 saturated heterocycles. The highest BCUT2D eigenvalue weighted by Gasteiger charge is 2.13. The number of aromatic nitrogens is 4. The number of hydrogen-bond donors (Lipinski definition) is 0. The van der Waals surface area contributed by atoms with Gasteiger partial charge in [0.1, 0.15) is 5.82 Å². The molecule has 102 valence electrons. The van der Waals surface area contributed by atoms with E-state index in [4.69, 9.17) is 0 Å². The predicted molar refractivity (Wildman–Crippen MR) is 78.4 cm³/mol. The molecule has 4 aromatic rings. The van der Waals surface area contributed by atoms with Crippen LogP contribution in [-0.2, 0) is 0 Å². The highest BCUT2D eigenvalue weighted by atomic mass is 19.1. The Bertz CT molecular complexity index is 975. The molecule has 0 radical (unpaired) electrons. The van der Waals surface area contributed by atoms with Crippen molar-refractivity contribution in [3.8, 4) is 11.4 Å². The van der Waals surface area contributed by atoms with Crippen LogP contribution < -0.4 is 0 Å². The largest absolute Gasteiger partial charge is 0.207 e. The zero-order chi connectivity index (χ0) is 14.4. The minimum Gasteiger partial charge on any atom is -0.207 e. The first kappa shape index (κ1) is 12.0. The van der Waals surface area contributed by atoms with Crippen LogP contribution >= 0.6 is 0 Å². The van der Waals surface area contributed by atoms with Crippen LogP contribution in [-0.4, -0.2) is 19.8 Å². The first-order valence-corrected chi connectivity index (χ1v) is 6.61. The summed E-state index contributed by atoms with van der Waals surface area (Å²) >= 11 is 0. The van der Waals surface area contributed by atoms with E-state index in [1.54, 1.807) is 16.6 Å². The highest BCUT2D eigenvalue weighted by Crippen LogP contribution is 2.24. The van der Waals surface area contributed by atoms with Gasteiger partial charge in [0.15, 0.2) is 11.5 Å². The Morgan fingerprint density at radius 1 is 0.952 bits per heavy atom. The third-order valence-corrected chi connectivity index (χ3v) is 3.53. The van der Waals surface area contributed by atoms with Crippen LogP contribution in [0.4, 0.5) is 4.39 Å². The molecule has 2 heterocycles. The molecular formula is C16H11FN4. The van der Waals surface area contributed by atoms with E-state index in [1.165, 1.54) is 12.1 Å². The number of halogens is 1. The van der Waals surface area contributed by atoms with Crippen LogP contribution in [0.2, 0.25) is 0 Å². The van der Waals surface area contributed by atoms with Crippen molar-refractivity contribution in [3.05, 3.63) is 60.0 Å². The molecule has 0 amide bonds. The lowest BCUT2D eigenvalue weighted by Gasteiger charge is -2.04. The second-order valence-electron chi connectivity index (χ2n) is 4.90. The molecule has 0 aliphatic heterocycles. The standard InChI is InChI=1S/C16H11FN4/c1-10-13-7-2-3-8-14(13)16-19-18-15(21(16)20-10)11-5-4-6-12(17)9-11/h2-9H,1H3. The molecule has 4 nitrogen and oxygen atoms in total. The summed E-state index contributed by atoms with van der Waals surface area (Å²) in [6.45, 7) is 1.94. The smallest absolute Gasteiger partial charge is 0.186 e. The van der Waals surface area contributed by atoms with Crippen LogP contribution in [0.1, 0.15) is 5.69 Å². The summed E-state index contributed by atoms with van der Waals surface area (Å²) in [5.74, 6) is 0.236. The van der Waals surface area contributed by atoms with E-state index in [-0.39, 0.29) is 5.82 Å². The molecule has 0 spiro atoms. The predicted octanol–water partition coefficient (Wildman–Crippen LogP) is 3.39. The monoisotopic (exact) mass is 278 g/mol. The van der Waals surface area contributed by atoms with Crippen molar-refractivity contribution in [2.45, 2.75) is 6.92 Å². The van der Waals surface area contributed by atoms with Crippen molar-refractivity contribution in [2.75, 3.05) is 0 Å². The summed E-state index contributed by atoms with van der Waals surface area (Å²) in [7, 11) is 0. The number of hydrogen-bond acceptors (Lipinski definition) is 3. The number of nitrogens with zero attached hydrogens (tertiary/aromatic N) is 4. The van der Waals surface area contributed by atoms with Gasteiger partial charge in [-0.25, -0.2) is 4.39 Å². The summed E-state index contributed by atoms with van der Waals surface area (Å²) in [5.41, 5.74) is 2.22. The van der Waals surface area contributed by atoms with Crippen LogP contribution in [0.3, 0.4) is 0 Å². The Labute approximate surface area is 119 Å². The Morgan fingerprint density at radius 2 is 1.76 bits per heavy atom. The van der Waals surface area contributed by atoms with Gasteiger partial charge in [0.2, 0.25) is 0 Å². The summed E-state index contributed by atoms with van der Waals surface area (Å²) in [6.07, 6.45) is 0. The van der Waals surface area contributed by atoms with Crippen LogP contribution in [0.5, 0.6) is 0 Å². The Hall–Kier alpha value is -2.82. The molecule has 0 aliphatic carbocycles. The fourth-order valence-electron chi connectivity index (χ4n) is 2.55. The van der Waals surface area contributed by atoms with Gasteiger partial charge in [0.25, 0.3) is 0 Å². The minimum atomic E-state index is -0.304. The van der Waals surface area contributed by atoms with Gasteiger partial charge in [0.05, 0.1) is 5.69 Å². The molecule has 0 N–H and O–H groups in total. The summed E-state index contributed by atoms with van der Waals surface area (Å²) in [5, 5.41) is 15.0. The van der Waals surface area contributed by atoms with Gasteiger partial charge >= 0.3 is 0 Å². The van der Waals surface area contributed by atoms with Gasteiger partial charge in [-0.15, -0.1) is 10.2 Å². The molecular weight excluding hydrogens is 267 g/mol. The lowest BCUT2D eigenvalue weighted by molar-refractivity contribution is 0.628. The molecule has 2 aromatic heterocycles. The summed E-state index contributed by atoms with van der Waals surface area (Å²) in [4.78, 5) is 0. The van der Waals surface area contributed by atoms with Gasteiger partial charge in [-0.05, 0) is 19.1 Å². The lowest BCUT2D eigenvalue weighted by atomic mass is 10.1. The van der Waals surface area contributed by atoms with Crippen molar-refractivity contribution in [1.29, 1.82) is 0 Å². The summed E-state index contributed by atoms with van der Waals surface area (Å²) < 4.78 is 15.1. The Morgan fingerprint density at radius 3 is 2.57 bits per heavy atom. The molecule has 4 rings (SSSR count). The Balaban J connectivity index is 2.09. The topological polar surface area (TPSA) is 43.1 Å². The number of benzene rings is 2. The molecule has 0 aliphatic rings. The van der Waals surface area contributed by atoms with Crippen molar-refractivity contribution in [3.63, 3.8) is 0 Å². The average molecular weight is 278 g/mol. The van der Waals surface area contributed by atoms with E-state index in [1.807, 2.05) is 31.2 Å². The van der Waals surface area contributed by atoms with E-state index in [0.717, 1.165) is 16.5 Å². The maximum Gasteiger partial charge on any atom is 0.186 e. The minimum absolute atomic E-state index is 0.304. The Kier molecular flexibility index (Phi) is 2.47. The molecule has 0 bridgehead atoms. The van der Waals surface area contributed by atoms with E-state index in [2.05, 4.69) is 15.3 Å². The molecule has 0 fully saturated rings. The number of fused-ring (bicyclic) bond motifs is 3. The van der Waals surface area contributed by atoms with Crippen LogP contribution in [0.15, 0.2) is 48.5 Å². The highest BCUT2D eigenvalue weighted by molar-refractivity contribution is 5.95. The second kappa shape index (κ2) is 4.34. The fraction of sp³-hybridized carbons (Fsp3) is 0.0625.